The maximum Gasteiger partial charge on any atom is 0.452 e. The van der Waals surface area contributed by atoms with Gasteiger partial charge in [0.05, 0.1) is 0 Å². The van der Waals surface area contributed by atoms with E-state index in [2.05, 4.69) is 10.2 Å². The molecule has 1 aromatic carbocycles. The predicted molar refractivity (Wildman–Crippen MR) is 78.5 cm³/mol. The smallest absolute Gasteiger partial charge is 0.452 e. The lowest BCUT2D eigenvalue weighted by Gasteiger charge is -2.16. The normalized spacial score (nSPS) is 12.9. The number of aliphatic carboxylic acids is 1. The minimum atomic E-state index is -1.56. The summed E-state index contributed by atoms with van der Waals surface area (Å²) in [4.78, 5) is 22.5. The molecule has 0 aromatic heterocycles. The molecule has 0 heterocycles. The van der Waals surface area contributed by atoms with Crippen molar-refractivity contribution in [3.8, 4) is 0 Å². The molecular weight excluding hydrogens is 307 g/mol. The van der Waals surface area contributed by atoms with Crippen LogP contribution in [0.15, 0.2) is 46.0 Å². The fraction of sp³-hybridized carbons (Fsp3) is 0.333. The van der Waals surface area contributed by atoms with Crippen LogP contribution in [0.2, 0.25) is 0 Å². The number of hydrogen-bond donors (Lipinski definition) is 2. The minimum absolute atomic E-state index is 0.199. The van der Waals surface area contributed by atoms with Gasteiger partial charge in [-0.1, -0.05) is 17.2 Å². The van der Waals surface area contributed by atoms with E-state index in [0.29, 0.717) is 5.56 Å². The van der Waals surface area contributed by atoms with Crippen molar-refractivity contribution in [2.75, 3.05) is 0 Å². The number of aliphatic hydroxyl groups is 1. The molecule has 0 aliphatic rings. The Morgan fingerprint density at radius 3 is 2.17 bits per heavy atom. The second-order valence-electron chi connectivity index (χ2n) is 5.58. The molecule has 0 saturated heterocycles. The van der Waals surface area contributed by atoms with Crippen molar-refractivity contribution in [1.29, 1.82) is 0 Å². The SMILES string of the molecule is CC(C)(C)OC(=O)N=NC(C(=O)O)=C(O)Cc1ccc(F)cc1. The van der Waals surface area contributed by atoms with Gasteiger partial charge in [-0.15, -0.1) is 5.11 Å². The van der Waals surface area contributed by atoms with Gasteiger partial charge in [-0.3, -0.25) is 0 Å². The maximum absolute atomic E-state index is 12.8. The molecule has 7 nitrogen and oxygen atoms in total. The number of benzene rings is 1. The van der Waals surface area contributed by atoms with Gasteiger partial charge < -0.3 is 14.9 Å². The average Bonchev–Trinajstić information content (AvgIpc) is 2.39. The molecule has 0 aliphatic heterocycles. The van der Waals surface area contributed by atoms with E-state index in [1.165, 1.54) is 24.3 Å². The van der Waals surface area contributed by atoms with Crippen molar-refractivity contribution >= 4 is 12.1 Å². The number of halogens is 1. The van der Waals surface area contributed by atoms with E-state index in [-0.39, 0.29) is 6.42 Å². The van der Waals surface area contributed by atoms with Crippen LogP contribution in [-0.2, 0) is 16.0 Å². The number of amides is 1. The lowest BCUT2D eigenvalue weighted by atomic mass is 10.1. The van der Waals surface area contributed by atoms with Gasteiger partial charge in [-0.25, -0.2) is 14.0 Å². The van der Waals surface area contributed by atoms with Crippen LogP contribution in [0.25, 0.3) is 0 Å². The third-order valence-corrected chi connectivity index (χ3v) is 2.39. The second-order valence-corrected chi connectivity index (χ2v) is 5.58. The highest BCUT2D eigenvalue weighted by Crippen LogP contribution is 2.14. The number of carboxylic acid groups (broad SMARTS) is 1. The van der Waals surface area contributed by atoms with E-state index in [1.807, 2.05) is 0 Å². The summed E-state index contributed by atoms with van der Waals surface area (Å²) in [5, 5.41) is 25.2. The van der Waals surface area contributed by atoms with Gasteiger partial charge in [0.25, 0.3) is 0 Å². The number of azo groups is 1. The van der Waals surface area contributed by atoms with Crippen LogP contribution in [0.5, 0.6) is 0 Å². The molecule has 23 heavy (non-hydrogen) atoms. The van der Waals surface area contributed by atoms with Crippen LogP contribution in [0.3, 0.4) is 0 Å². The molecule has 0 bridgehead atoms. The van der Waals surface area contributed by atoms with Gasteiger partial charge in [-0.2, -0.15) is 0 Å². The Morgan fingerprint density at radius 2 is 1.70 bits per heavy atom. The van der Waals surface area contributed by atoms with Crippen LogP contribution in [-0.4, -0.2) is 27.9 Å². The number of ether oxygens (including phenoxy) is 1. The Morgan fingerprint density at radius 1 is 1.13 bits per heavy atom. The second kappa shape index (κ2) is 7.48. The van der Waals surface area contributed by atoms with Gasteiger partial charge in [-0.05, 0) is 38.5 Å². The van der Waals surface area contributed by atoms with Gasteiger partial charge >= 0.3 is 12.1 Å². The lowest BCUT2D eigenvalue weighted by molar-refractivity contribution is -0.132. The molecular formula is C15H17FN2O5. The standard InChI is InChI=1S/C15H17FN2O5/c1-15(2,3)23-14(22)18-17-12(13(20)21)11(19)8-9-4-6-10(16)7-5-9/h4-7,19H,8H2,1-3H3,(H,20,21). The number of nitrogens with zero attached hydrogens (tertiary/aromatic N) is 2. The molecule has 1 aromatic rings. The highest BCUT2D eigenvalue weighted by Gasteiger charge is 2.18. The molecule has 0 unspecified atom stereocenters. The van der Waals surface area contributed by atoms with Crippen molar-refractivity contribution in [1.82, 2.24) is 0 Å². The zero-order chi connectivity index (χ0) is 17.6. The zero-order valence-electron chi connectivity index (χ0n) is 12.9. The Kier molecular flexibility index (Phi) is 5.94. The molecule has 0 radical (unpaired) electrons. The van der Waals surface area contributed by atoms with Crippen molar-refractivity contribution in [2.24, 2.45) is 10.2 Å². The minimum Gasteiger partial charge on any atom is -0.509 e. The first-order valence-corrected chi connectivity index (χ1v) is 6.63. The fourth-order valence-electron chi connectivity index (χ4n) is 1.48. The molecule has 2 N–H and O–H groups in total. The quantitative estimate of drug-likeness (QED) is 0.499. The van der Waals surface area contributed by atoms with Crippen molar-refractivity contribution in [3.05, 3.63) is 47.1 Å². The maximum atomic E-state index is 12.8. The molecule has 0 aliphatic carbocycles. The highest BCUT2D eigenvalue weighted by molar-refractivity contribution is 5.87. The Balaban J connectivity index is 2.93. The monoisotopic (exact) mass is 324 g/mol. The first kappa shape index (κ1) is 18.3. The molecule has 1 rings (SSSR count). The first-order valence-electron chi connectivity index (χ1n) is 6.63. The lowest BCUT2D eigenvalue weighted by Crippen LogP contribution is -2.21. The molecule has 0 atom stereocenters. The fourth-order valence-corrected chi connectivity index (χ4v) is 1.48. The van der Waals surface area contributed by atoms with Gasteiger partial charge in [0.2, 0.25) is 5.70 Å². The Labute approximate surface area is 132 Å². The van der Waals surface area contributed by atoms with Crippen LogP contribution in [0.1, 0.15) is 26.3 Å². The summed E-state index contributed by atoms with van der Waals surface area (Å²) >= 11 is 0. The summed E-state index contributed by atoms with van der Waals surface area (Å²) in [6, 6.07) is 5.11. The van der Waals surface area contributed by atoms with E-state index in [9.17, 15) is 19.1 Å². The molecule has 0 saturated carbocycles. The predicted octanol–water partition coefficient (Wildman–Crippen LogP) is 3.61. The number of aliphatic hydroxyl groups excluding tert-OH is 1. The summed E-state index contributed by atoms with van der Waals surface area (Å²) in [5.74, 6) is -2.63. The van der Waals surface area contributed by atoms with Crippen molar-refractivity contribution in [3.63, 3.8) is 0 Å². The molecule has 0 fully saturated rings. The summed E-state index contributed by atoms with van der Waals surface area (Å²) < 4.78 is 17.6. The highest BCUT2D eigenvalue weighted by atomic mass is 19.1. The average molecular weight is 324 g/mol. The zero-order valence-corrected chi connectivity index (χ0v) is 12.9. The molecule has 8 heteroatoms. The summed E-state index contributed by atoms with van der Waals surface area (Å²) in [6.45, 7) is 4.83. The summed E-state index contributed by atoms with van der Waals surface area (Å²) in [5.41, 5.74) is -1.13. The number of rotatable bonds is 4. The molecule has 124 valence electrons. The van der Waals surface area contributed by atoms with Crippen molar-refractivity contribution < 1.29 is 28.9 Å². The summed E-state index contributed by atoms with van der Waals surface area (Å²) in [6.07, 6.45) is -1.28. The van der Waals surface area contributed by atoms with E-state index in [1.54, 1.807) is 20.8 Å². The molecule has 1 amide bonds. The first-order chi connectivity index (χ1) is 10.6. The van der Waals surface area contributed by atoms with Crippen LogP contribution in [0, 0.1) is 5.82 Å². The van der Waals surface area contributed by atoms with Crippen LogP contribution < -0.4 is 0 Å². The van der Waals surface area contributed by atoms with E-state index in [4.69, 9.17) is 9.84 Å². The largest absolute Gasteiger partial charge is 0.509 e. The van der Waals surface area contributed by atoms with Crippen LogP contribution >= 0.6 is 0 Å². The number of carboxylic acids is 1. The van der Waals surface area contributed by atoms with Crippen molar-refractivity contribution in [2.45, 2.75) is 32.8 Å². The van der Waals surface area contributed by atoms with E-state index < -0.39 is 34.9 Å². The number of hydrogen-bond acceptors (Lipinski definition) is 5. The number of allylic oxidation sites excluding steroid dienone is 1. The summed E-state index contributed by atoms with van der Waals surface area (Å²) in [7, 11) is 0. The van der Waals surface area contributed by atoms with E-state index in [0.717, 1.165) is 0 Å². The van der Waals surface area contributed by atoms with E-state index >= 15 is 0 Å². The Hall–Kier alpha value is -2.77. The van der Waals surface area contributed by atoms with Crippen LogP contribution in [0.4, 0.5) is 9.18 Å². The third-order valence-electron chi connectivity index (χ3n) is 2.39. The Bertz CT molecular complexity index is 645. The van der Waals surface area contributed by atoms with Gasteiger partial charge in [0.1, 0.15) is 17.2 Å². The van der Waals surface area contributed by atoms with Gasteiger partial charge in [0.15, 0.2) is 0 Å². The topological polar surface area (TPSA) is 109 Å². The number of carbonyl (C=O) groups excluding carboxylic acids is 1. The van der Waals surface area contributed by atoms with Gasteiger partial charge in [0, 0.05) is 6.42 Å². The number of carbonyl (C=O) groups is 2. The molecule has 0 spiro atoms. The third kappa shape index (κ3) is 6.68.